The molecule has 0 unspecified atom stereocenters. The van der Waals surface area contributed by atoms with Gasteiger partial charge in [-0.15, -0.1) is 0 Å². The molecule has 24 heavy (non-hydrogen) atoms. The van der Waals surface area contributed by atoms with Crippen LogP contribution >= 0.6 is 0 Å². The van der Waals surface area contributed by atoms with Crippen LogP contribution in [-0.4, -0.2) is 52.8 Å². The van der Waals surface area contributed by atoms with Gasteiger partial charge in [-0.2, -0.15) is 0 Å². The standard InChI is InChI=1S/2C7H6O5/c2*8-4-1-3(7(11)12)2-5(9)6(4)10/h2*1-2,8-10H,(H,11,12). The Bertz CT molecular complexity index is 683. The maximum atomic E-state index is 10.3. The van der Waals surface area contributed by atoms with Crippen LogP contribution in [-0.2, 0) is 0 Å². The highest BCUT2D eigenvalue weighted by molar-refractivity contribution is 5.89. The van der Waals surface area contributed by atoms with Crippen molar-refractivity contribution in [2.75, 3.05) is 0 Å². The van der Waals surface area contributed by atoms with Crippen LogP contribution in [0.4, 0.5) is 0 Å². The molecule has 0 bridgehead atoms. The fourth-order valence-corrected chi connectivity index (χ4v) is 1.46. The number of carboxylic acid groups (broad SMARTS) is 2. The number of benzene rings is 2. The Morgan fingerprint density at radius 3 is 0.917 bits per heavy atom. The van der Waals surface area contributed by atoms with Gasteiger partial charge >= 0.3 is 11.9 Å². The Balaban J connectivity index is 0.000000240. The van der Waals surface area contributed by atoms with Gasteiger partial charge in [0.05, 0.1) is 11.1 Å². The molecule has 0 aliphatic rings. The van der Waals surface area contributed by atoms with Crippen molar-refractivity contribution in [3.8, 4) is 34.5 Å². The Labute approximate surface area is 133 Å². The molecular weight excluding hydrogens is 328 g/mol. The molecule has 2 rings (SSSR count). The third-order valence-electron chi connectivity index (χ3n) is 2.63. The highest BCUT2D eigenvalue weighted by atomic mass is 16.4. The molecule has 0 radical (unpaired) electrons. The minimum atomic E-state index is -1.29. The monoisotopic (exact) mass is 340 g/mol. The Morgan fingerprint density at radius 2 is 0.750 bits per heavy atom. The lowest BCUT2D eigenvalue weighted by Gasteiger charge is -2.01. The number of hydrogen-bond donors (Lipinski definition) is 8. The number of phenolic OH excluding ortho intramolecular Hbond substituents is 6. The number of aromatic carboxylic acids is 2. The summed E-state index contributed by atoms with van der Waals surface area (Å²) >= 11 is 0. The molecule has 0 spiro atoms. The van der Waals surface area contributed by atoms with E-state index in [0.29, 0.717) is 0 Å². The number of carboxylic acids is 2. The average molecular weight is 340 g/mol. The quantitative estimate of drug-likeness (QED) is 0.365. The summed E-state index contributed by atoms with van der Waals surface area (Å²) in [6, 6.07) is 3.38. The van der Waals surface area contributed by atoms with Crippen molar-refractivity contribution in [1.82, 2.24) is 0 Å². The minimum Gasteiger partial charge on any atom is -0.504 e. The SMILES string of the molecule is O=C(O)c1cc(O)c(O)c(O)c1.O=C(O)c1cc(O)c(O)c(O)c1. The van der Waals surface area contributed by atoms with Gasteiger partial charge in [-0.05, 0) is 24.3 Å². The molecule has 2 aromatic carbocycles. The van der Waals surface area contributed by atoms with Crippen LogP contribution in [0.3, 0.4) is 0 Å². The first kappa shape index (κ1) is 18.2. The fraction of sp³-hybridized carbons (Fsp3) is 0. The molecule has 0 aromatic heterocycles. The van der Waals surface area contributed by atoms with E-state index in [1.54, 1.807) is 0 Å². The number of hydrogen-bond acceptors (Lipinski definition) is 8. The van der Waals surface area contributed by atoms with E-state index in [-0.39, 0.29) is 11.1 Å². The van der Waals surface area contributed by atoms with Crippen LogP contribution < -0.4 is 0 Å². The van der Waals surface area contributed by atoms with Crippen molar-refractivity contribution in [3.05, 3.63) is 35.4 Å². The highest BCUT2D eigenvalue weighted by Gasteiger charge is 2.12. The van der Waals surface area contributed by atoms with Crippen LogP contribution in [0.5, 0.6) is 34.5 Å². The molecule has 8 N–H and O–H groups in total. The number of rotatable bonds is 2. The molecule has 0 aliphatic carbocycles. The van der Waals surface area contributed by atoms with Gasteiger partial charge in [0, 0.05) is 0 Å². The third-order valence-corrected chi connectivity index (χ3v) is 2.63. The van der Waals surface area contributed by atoms with Gasteiger partial charge in [0.25, 0.3) is 0 Å². The molecule has 10 heteroatoms. The van der Waals surface area contributed by atoms with E-state index in [9.17, 15) is 9.59 Å². The van der Waals surface area contributed by atoms with Gasteiger partial charge in [-0.1, -0.05) is 0 Å². The van der Waals surface area contributed by atoms with Crippen molar-refractivity contribution in [1.29, 1.82) is 0 Å². The van der Waals surface area contributed by atoms with Crippen LogP contribution in [0.1, 0.15) is 20.7 Å². The molecular formula is C14H12O10. The molecule has 0 heterocycles. The Morgan fingerprint density at radius 1 is 0.542 bits per heavy atom. The maximum Gasteiger partial charge on any atom is 0.335 e. The first-order valence-corrected chi connectivity index (χ1v) is 6.01. The summed E-state index contributed by atoms with van der Waals surface area (Å²) in [6.07, 6.45) is 0. The molecule has 0 amide bonds. The lowest BCUT2D eigenvalue weighted by atomic mass is 10.2. The molecule has 0 fully saturated rings. The summed E-state index contributed by atoms with van der Waals surface area (Å²) in [6.45, 7) is 0. The van der Waals surface area contributed by atoms with E-state index in [1.807, 2.05) is 0 Å². The van der Waals surface area contributed by atoms with E-state index in [1.165, 1.54) is 0 Å². The fourth-order valence-electron chi connectivity index (χ4n) is 1.46. The zero-order valence-electron chi connectivity index (χ0n) is 11.7. The summed E-state index contributed by atoms with van der Waals surface area (Å²) in [5.41, 5.74) is -0.578. The van der Waals surface area contributed by atoms with Gasteiger partial charge in [-0.3, -0.25) is 0 Å². The first-order chi connectivity index (χ1) is 11.0. The molecule has 2 aromatic rings. The predicted molar refractivity (Wildman–Crippen MR) is 76.8 cm³/mol. The first-order valence-electron chi connectivity index (χ1n) is 6.01. The topological polar surface area (TPSA) is 196 Å². The van der Waals surface area contributed by atoms with Gasteiger partial charge < -0.3 is 40.9 Å². The second-order valence-corrected chi connectivity index (χ2v) is 4.34. The summed E-state index contributed by atoms with van der Waals surface area (Å²) in [5.74, 6) is -6.67. The van der Waals surface area contributed by atoms with Crippen molar-refractivity contribution >= 4 is 11.9 Å². The van der Waals surface area contributed by atoms with Crippen LogP contribution in [0, 0.1) is 0 Å². The van der Waals surface area contributed by atoms with Crippen molar-refractivity contribution in [3.63, 3.8) is 0 Å². The highest BCUT2D eigenvalue weighted by Crippen LogP contribution is 2.35. The van der Waals surface area contributed by atoms with Crippen molar-refractivity contribution in [2.24, 2.45) is 0 Å². The van der Waals surface area contributed by atoms with Gasteiger partial charge in [-0.25, -0.2) is 9.59 Å². The average Bonchev–Trinajstić information content (AvgIpc) is 2.49. The zero-order chi connectivity index (χ0) is 18.6. The van der Waals surface area contributed by atoms with E-state index in [0.717, 1.165) is 24.3 Å². The van der Waals surface area contributed by atoms with E-state index >= 15 is 0 Å². The van der Waals surface area contributed by atoms with E-state index in [2.05, 4.69) is 0 Å². The molecule has 0 aliphatic heterocycles. The van der Waals surface area contributed by atoms with Crippen LogP contribution in [0.25, 0.3) is 0 Å². The second-order valence-electron chi connectivity index (χ2n) is 4.34. The second kappa shape index (κ2) is 6.96. The Kier molecular flexibility index (Phi) is 5.29. The van der Waals surface area contributed by atoms with Crippen molar-refractivity contribution in [2.45, 2.75) is 0 Å². The number of phenols is 6. The molecule has 0 atom stereocenters. The summed E-state index contributed by atoms with van der Waals surface area (Å²) in [5, 5.41) is 69.9. The van der Waals surface area contributed by atoms with E-state index < -0.39 is 46.4 Å². The lowest BCUT2D eigenvalue weighted by molar-refractivity contribution is 0.0685. The summed E-state index contributed by atoms with van der Waals surface area (Å²) < 4.78 is 0. The largest absolute Gasteiger partial charge is 0.504 e. The van der Waals surface area contributed by atoms with E-state index in [4.69, 9.17) is 40.9 Å². The van der Waals surface area contributed by atoms with Crippen LogP contribution in [0.2, 0.25) is 0 Å². The van der Waals surface area contributed by atoms with Gasteiger partial charge in [0.1, 0.15) is 0 Å². The molecule has 10 nitrogen and oxygen atoms in total. The lowest BCUT2D eigenvalue weighted by Crippen LogP contribution is -1.95. The third kappa shape index (κ3) is 4.10. The number of carbonyl (C=O) groups is 2. The Hall–Kier alpha value is -3.82. The number of aromatic hydroxyl groups is 6. The smallest absolute Gasteiger partial charge is 0.335 e. The van der Waals surface area contributed by atoms with Gasteiger partial charge in [0.2, 0.25) is 0 Å². The molecule has 0 saturated heterocycles. The maximum absolute atomic E-state index is 10.3. The zero-order valence-corrected chi connectivity index (χ0v) is 11.7. The predicted octanol–water partition coefficient (Wildman–Crippen LogP) is 1.00. The molecule has 0 saturated carbocycles. The summed E-state index contributed by atoms with van der Waals surface area (Å²) in [4.78, 5) is 20.6. The minimum absolute atomic E-state index is 0.289. The molecule has 128 valence electrons. The normalized spacial score (nSPS) is 9.67. The van der Waals surface area contributed by atoms with Crippen molar-refractivity contribution < 1.29 is 50.4 Å². The van der Waals surface area contributed by atoms with Crippen LogP contribution in [0.15, 0.2) is 24.3 Å². The van der Waals surface area contributed by atoms with Gasteiger partial charge in [0.15, 0.2) is 34.5 Å². The summed E-state index contributed by atoms with van der Waals surface area (Å²) in [7, 11) is 0.